The maximum atomic E-state index is 11.7. The lowest BCUT2D eigenvalue weighted by Gasteiger charge is -2.30. The number of hydrogen-bond acceptors (Lipinski definition) is 2. The Labute approximate surface area is 115 Å². The Bertz CT molecular complexity index is 427. The van der Waals surface area contributed by atoms with Crippen LogP contribution in [-0.2, 0) is 11.2 Å². The number of benzene rings is 1. The molecule has 19 heavy (non-hydrogen) atoms. The normalized spacial score (nSPS) is 16.9. The van der Waals surface area contributed by atoms with E-state index in [9.17, 15) is 4.79 Å². The molecule has 0 radical (unpaired) electrons. The van der Waals surface area contributed by atoms with Crippen molar-refractivity contribution in [3.05, 3.63) is 35.4 Å². The summed E-state index contributed by atoms with van der Waals surface area (Å²) in [6, 6.07) is 8.87. The summed E-state index contributed by atoms with van der Waals surface area (Å²) < 4.78 is 0. The molecule has 1 amide bonds. The van der Waals surface area contributed by atoms with Gasteiger partial charge in [-0.3, -0.25) is 4.79 Å². The highest BCUT2D eigenvalue weighted by atomic mass is 16.1. The smallest absolute Gasteiger partial charge is 0.234 e. The Morgan fingerprint density at radius 3 is 2.74 bits per heavy atom. The van der Waals surface area contributed by atoms with Gasteiger partial charge in [0.25, 0.3) is 0 Å². The van der Waals surface area contributed by atoms with Gasteiger partial charge in [-0.2, -0.15) is 0 Å². The molecule has 1 aliphatic rings. The molecular weight excluding hydrogens is 236 g/mol. The van der Waals surface area contributed by atoms with E-state index in [1.165, 1.54) is 11.1 Å². The molecule has 1 atom stereocenters. The monoisotopic (exact) mass is 260 g/mol. The average molecular weight is 260 g/mol. The maximum absolute atomic E-state index is 11.7. The first-order chi connectivity index (χ1) is 9.24. The zero-order valence-corrected chi connectivity index (χ0v) is 11.9. The highest BCUT2D eigenvalue weighted by Crippen LogP contribution is 2.33. The van der Waals surface area contributed by atoms with Gasteiger partial charge in [-0.15, -0.1) is 0 Å². The van der Waals surface area contributed by atoms with E-state index in [2.05, 4.69) is 48.7 Å². The van der Waals surface area contributed by atoms with E-state index in [1.54, 1.807) is 0 Å². The third-order valence-corrected chi connectivity index (χ3v) is 3.99. The fourth-order valence-corrected chi connectivity index (χ4v) is 2.68. The zero-order chi connectivity index (χ0) is 13.7. The second kappa shape index (κ2) is 6.71. The van der Waals surface area contributed by atoms with Crippen molar-refractivity contribution in [1.29, 1.82) is 0 Å². The number of carbonyl (C=O) groups excluding carboxylic acids is 1. The Morgan fingerprint density at radius 1 is 1.32 bits per heavy atom. The maximum Gasteiger partial charge on any atom is 0.234 e. The molecule has 104 valence electrons. The van der Waals surface area contributed by atoms with Crippen LogP contribution in [0.15, 0.2) is 24.3 Å². The molecular formula is C16H24N2O. The SMILES string of the molecule is CCC(CC)NC(=O)CNCC1Cc2ccccc21. The van der Waals surface area contributed by atoms with E-state index in [0.29, 0.717) is 18.5 Å². The number of fused-ring (bicyclic) bond motifs is 1. The van der Waals surface area contributed by atoms with E-state index < -0.39 is 0 Å². The number of rotatable bonds is 7. The summed E-state index contributed by atoms with van der Waals surface area (Å²) in [5, 5.41) is 6.31. The van der Waals surface area contributed by atoms with E-state index >= 15 is 0 Å². The lowest BCUT2D eigenvalue weighted by Crippen LogP contribution is -2.41. The van der Waals surface area contributed by atoms with Crippen molar-refractivity contribution in [3.63, 3.8) is 0 Å². The fraction of sp³-hybridized carbons (Fsp3) is 0.562. The second-order valence-electron chi connectivity index (χ2n) is 5.31. The first kappa shape index (κ1) is 14.1. The first-order valence-corrected chi connectivity index (χ1v) is 7.32. The number of hydrogen-bond donors (Lipinski definition) is 2. The lowest BCUT2D eigenvalue weighted by molar-refractivity contribution is -0.121. The van der Waals surface area contributed by atoms with Crippen LogP contribution in [0.4, 0.5) is 0 Å². The molecule has 0 aliphatic heterocycles. The van der Waals surface area contributed by atoms with Crippen LogP contribution in [0.3, 0.4) is 0 Å². The van der Waals surface area contributed by atoms with Gasteiger partial charge in [-0.25, -0.2) is 0 Å². The Balaban J connectivity index is 1.67. The molecule has 1 unspecified atom stereocenters. The van der Waals surface area contributed by atoms with Crippen LogP contribution in [0.2, 0.25) is 0 Å². The van der Waals surface area contributed by atoms with Gasteiger partial charge in [0.15, 0.2) is 0 Å². The minimum absolute atomic E-state index is 0.112. The summed E-state index contributed by atoms with van der Waals surface area (Å²) >= 11 is 0. The van der Waals surface area contributed by atoms with Gasteiger partial charge in [-0.1, -0.05) is 38.1 Å². The number of amides is 1. The Morgan fingerprint density at radius 2 is 2.05 bits per heavy atom. The van der Waals surface area contributed by atoms with E-state index in [4.69, 9.17) is 0 Å². The van der Waals surface area contributed by atoms with Crippen LogP contribution in [0, 0.1) is 0 Å². The Kier molecular flexibility index (Phi) is 4.97. The average Bonchev–Trinajstić information content (AvgIpc) is 2.41. The van der Waals surface area contributed by atoms with Gasteiger partial charge in [0.2, 0.25) is 5.91 Å². The van der Waals surface area contributed by atoms with Crippen LogP contribution in [0.1, 0.15) is 43.7 Å². The van der Waals surface area contributed by atoms with Gasteiger partial charge in [0, 0.05) is 18.5 Å². The molecule has 3 heteroatoms. The summed E-state index contributed by atoms with van der Waals surface area (Å²) in [5.41, 5.74) is 2.89. The van der Waals surface area contributed by atoms with Gasteiger partial charge in [0.05, 0.1) is 6.54 Å². The third-order valence-electron chi connectivity index (χ3n) is 3.99. The minimum atomic E-state index is 0.112. The molecule has 0 heterocycles. The summed E-state index contributed by atoms with van der Waals surface area (Å²) in [5.74, 6) is 0.693. The van der Waals surface area contributed by atoms with Crippen molar-refractivity contribution in [2.75, 3.05) is 13.1 Å². The molecule has 0 aromatic heterocycles. The molecule has 1 aromatic carbocycles. The quantitative estimate of drug-likeness (QED) is 0.789. The molecule has 0 saturated carbocycles. The van der Waals surface area contributed by atoms with E-state index in [0.717, 1.165) is 25.8 Å². The summed E-state index contributed by atoms with van der Waals surface area (Å²) in [6.07, 6.45) is 3.13. The standard InChI is InChI=1S/C16H24N2O/c1-3-14(4-2)18-16(19)11-17-10-13-9-12-7-5-6-8-15(12)13/h5-8,13-14,17H,3-4,9-11H2,1-2H3,(H,18,19). The van der Waals surface area contributed by atoms with Crippen LogP contribution < -0.4 is 10.6 Å². The van der Waals surface area contributed by atoms with Crippen LogP contribution in [0.5, 0.6) is 0 Å². The predicted octanol–water partition coefficient (Wildman–Crippen LogP) is 2.22. The van der Waals surface area contributed by atoms with Gasteiger partial charge < -0.3 is 10.6 Å². The summed E-state index contributed by atoms with van der Waals surface area (Å²) in [4.78, 5) is 11.7. The molecule has 0 saturated heterocycles. The van der Waals surface area contributed by atoms with Crippen molar-refractivity contribution in [2.24, 2.45) is 0 Å². The third kappa shape index (κ3) is 3.57. The summed E-state index contributed by atoms with van der Waals surface area (Å²) in [6.45, 7) is 5.53. The molecule has 2 rings (SSSR count). The van der Waals surface area contributed by atoms with Crippen molar-refractivity contribution < 1.29 is 4.79 Å². The predicted molar refractivity (Wildman–Crippen MR) is 78.3 cm³/mol. The molecule has 0 bridgehead atoms. The molecule has 2 N–H and O–H groups in total. The van der Waals surface area contributed by atoms with Gasteiger partial charge in [0.1, 0.15) is 0 Å². The molecule has 1 aliphatic carbocycles. The second-order valence-corrected chi connectivity index (χ2v) is 5.31. The largest absolute Gasteiger partial charge is 0.352 e. The summed E-state index contributed by atoms with van der Waals surface area (Å²) in [7, 11) is 0. The van der Waals surface area contributed by atoms with Gasteiger partial charge in [-0.05, 0) is 30.4 Å². The van der Waals surface area contributed by atoms with Crippen LogP contribution >= 0.6 is 0 Å². The Hall–Kier alpha value is -1.35. The molecule has 0 fully saturated rings. The fourth-order valence-electron chi connectivity index (χ4n) is 2.68. The number of nitrogens with one attached hydrogen (secondary N) is 2. The van der Waals surface area contributed by atoms with Crippen LogP contribution in [-0.4, -0.2) is 25.0 Å². The first-order valence-electron chi connectivity index (χ1n) is 7.32. The highest BCUT2D eigenvalue weighted by Gasteiger charge is 2.24. The van der Waals surface area contributed by atoms with Crippen LogP contribution in [0.25, 0.3) is 0 Å². The van der Waals surface area contributed by atoms with Crippen molar-refractivity contribution in [1.82, 2.24) is 10.6 Å². The minimum Gasteiger partial charge on any atom is -0.352 e. The van der Waals surface area contributed by atoms with E-state index in [1.807, 2.05) is 0 Å². The molecule has 1 aromatic rings. The number of carbonyl (C=O) groups is 1. The van der Waals surface area contributed by atoms with E-state index in [-0.39, 0.29) is 5.91 Å². The highest BCUT2D eigenvalue weighted by molar-refractivity contribution is 5.78. The molecule has 3 nitrogen and oxygen atoms in total. The van der Waals surface area contributed by atoms with Gasteiger partial charge >= 0.3 is 0 Å². The van der Waals surface area contributed by atoms with Crippen molar-refractivity contribution in [3.8, 4) is 0 Å². The topological polar surface area (TPSA) is 41.1 Å². The van der Waals surface area contributed by atoms with Crippen molar-refractivity contribution in [2.45, 2.75) is 45.1 Å². The molecule has 0 spiro atoms. The zero-order valence-electron chi connectivity index (χ0n) is 11.9. The lowest BCUT2D eigenvalue weighted by atomic mass is 9.77. The van der Waals surface area contributed by atoms with Crippen molar-refractivity contribution >= 4 is 5.91 Å².